The Labute approximate surface area is 314 Å². The molecule has 0 aromatic carbocycles. The highest BCUT2D eigenvalue weighted by Gasteiger charge is 2.56. The number of nitrogens with two attached hydrogens (primary N) is 1. The lowest BCUT2D eigenvalue weighted by Crippen LogP contribution is -2.69. The molecule has 0 aromatic rings. The third-order valence-electron chi connectivity index (χ3n) is 9.53. The SMILES string of the molecule is CC(=O)N[C@@H]1C(O[C@@H]2[C@H](OC3OC(C)[C@@H](O)[C@H](O)[C@H]3O)C(O[C@H]3C(O)C(O)C(OCCCSCCN)O[C@H]3CO)OC(CO)[C@@H]2O)OC(CO)[C@H](O)[C@@H]1O. The van der Waals surface area contributed by atoms with Crippen molar-refractivity contribution in [3.63, 3.8) is 0 Å². The van der Waals surface area contributed by atoms with Crippen molar-refractivity contribution in [3.8, 4) is 0 Å². The van der Waals surface area contributed by atoms with E-state index in [9.17, 15) is 61.0 Å². The fourth-order valence-electron chi connectivity index (χ4n) is 6.53. The van der Waals surface area contributed by atoms with Gasteiger partial charge >= 0.3 is 0 Å². The Morgan fingerprint density at radius 2 is 1.20 bits per heavy atom. The number of amides is 1. The summed E-state index contributed by atoms with van der Waals surface area (Å²) in [5.41, 5.74) is 5.50. The predicted molar refractivity (Wildman–Crippen MR) is 179 cm³/mol. The van der Waals surface area contributed by atoms with Crippen molar-refractivity contribution in [2.75, 3.05) is 44.5 Å². The highest BCUT2D eigenvalue weighted by atomic mass is 32.2. The van der Waals surface area contributed by atoms with E-state index in [1.54, 1.807) is 11.8 Å². The maximum atomic E-state index is 12.1. The van der Waals surface area contributed by atoms with E-state index >= 15 is 0 Å². The summed E-state index contributed by atoms with van der Waals surface area (Å²) in [6.07, 6.45) is -31.3. The van der Waals surface area contributed by atoms with Crippen LogP contribution < -0.4 is 11.1 Å². The summed E-state index contributed by atoms with van der Waals surface area (Å²) in [5.74, 6) is 0.741. The Kier molecular flexibility index (Phi) is 17.9. The molecule has 4 saturated heterocycles. The molecule has 20 atom stereocenters. The number of aliphatic hydroxyl groups is 11. The Morgan fingerprint density at radius 3 is 1.83 bits per heavy atom. The van der Waals surface area contributed by atoms with Crippen molar-refractivity contribution in [2.24, 2.45) is 5.73 Å². The Morgan fingerprint density at radius 1 is 0.630 bits per heavy atom. The first-order valence-corrected chi connectivity index (χ1v) is 18.9. The molecule has 1 amide bonds. The highest BCUT2D eigenvalue weighted by Crippen LogP contribution is 2.36. The summed E-state index contributed by atoms with van der Waals surface area (Å²) >= 11 is 1.59. The molecule has 14 N–H and O–H groups in total. The van der Waals surface area contributed by atoms with Crippen LogP contribution in [0.3, 0.4) is 0 Å². The number of carbonyl (C=O) groups excluding carboxylic acids is 1. The molecular weight excluding hydrogens is 752 g/mol. The summed E-state index contributed by atoms with van der Waals surface area (Å²) in [4.78, 5) is 12.1. The van der Waals surface area contributed by atoms with Gasteiger partial charge in [-0.05, 0) is 19.1 Å². The van der Waals surface area contributed by atoms with Crippen molar-refractivity contribution < 1.29 is 98.9 Å². The molecule has 0 radical (unpaired) electrons. The highest BCUT2D eigenvalue weighted by molar-refractivity contribution is 7.99. The van der Waals surface area contributed by atoms with Crippen molar-refractivity contribution in [1.29, 1.82) is 0 Å². The first-order chi connectivity index (χ1) is 25.7. The molecule has 0 saturated carbocycles. The van der Waals surface area contributed by atoms with Gasteiger partial charge in [0.25, 0.3) is 0 Å². The Hall–Kier alpha value is -0.980. The smallest absolute Gasteiger partial charge is 0.217 e. The van der Waals surface area contributed by atoms with Gasteiger partial charge < -0.3 is 105 Å². The quantitative estimate of drug-likeness (QED) is 0.0607. The average Bonchev–Trinajstić information content (AvgIpc) is 3.15. The maximum Gasteiger partial charge on any atom is 0.217 e. The topological polar surface area (TPSA) is 351 Å². The van der Waals surface area contributed by atoms with Gasteiger partial charge in [-0.25, -0.2) is 0 Å². The third kappa shape index (κ3) is 10.7. The van der Waals surface area contributed by atoms with Gasteiger partial charge in [-0.15, -0.1) is 0 Å². The Balaban J connectivity index is 1.65. The lowest BCUT2D eigenvalue weighted by Gasteiger charge is -2.51. The van der Waals surface area contributed by atoms with Crippen LogP contribution in [0, 0.1) is 0 Å². The van der Waals surface area contributed by atoms with E-state index in [-0.39, 0.29) is 6.61 Å². The van der Waals surface area contributed by atoms with Gasteiger partial charge in [-0.2, -0.15) is 11.8 Å². The van der Waals surface area contributed by atoms with Gasteiger partial charge in [0, 0.05) is 19.2 Å². The molecule has 23 heteroatoms. The first-order valence-electron chi connectivity index (χ1n) is 17.7. The number of nitrogens with one attached hydrogen (secondary N) is 1. The van der Waals surface area contributed by atoms with E-state index in [2.05, 4.69) is 5.32 Å². The molecule has 9 unspecified atom stereocenters. The van der Waals surface area contributed by atoms with Gasteiger partial charge in [-0.1, -0.05) is 0 Å². The third-order valence-corrected chi connectivity index (χ3v) is 10.6. The van der Waals surface area contributed by atoms with Crippen molar-refractivity contribution in [2.45, 2.75) is 143 Å². The maximum absolute atomic E-state index is 12.1. The molecule has 4 aliphatic rings. The molecule has 0 bridgehead atoms. The first kappa shape index (κ1) is 45.7. The van der Waals surface area contributed by atoms with Gasteiger partial charge in [0.05, 0.1) is 32.5 Å². The van der Waals surface area contributed by atoms with E-state index in [0.29, 0.717) is 18.7 Å². The number of hydrogen-bond acceptors (Lipinski definition) is 22. The van der Waals surface area contributed by atoms with Crippen LogP contribution in [0.15, 0.2) is 0 Å². The largest absolute Gasteiger partial charge is 0.394 e. The molecule has 4 aliphatic heterocycles. The summed E-state index contributed by atoms with van der Waals surface area (Å²) in [5, 5.41) is 119. The Bertz CT molecular complexity index is 1140. The molecule has 316 valence electrons. The van der Waals surface area contributed by atoms with Crippen LogP contribution in [0.2, 0.25) is 0 Å². The van der Waals surface area contributed by atoms with Crippen LogP contribution in [0.1, 0.15) is 20.3 Å². The molecule has 0 aliphatic carbocycles. The van der Waals surface area contributed by atoms with Crippen molar-refractivity contribution in [3.05, 3.63) is 0 Å². The number of aliphatic hydroxyl groups excluding tert-OH is 11. The van der Waals surface area contributed by atoms with Crippen LogP contribution in [-0.4, -0.2) is 229 Å². The van der Waals surface area contributed by atoms with E-state index in [4.69, 9.17) is 43.6 Å². The van der Waals surface area contributed by atoms with Gasteiger partial charge in [-0.3, -0.25) is 4.79 Å². The van der Waals surface area contributed by atoms with Crippen LogP contribution in [-0.2, 0) is 42.7 Å². The van der Waals surface area contributed by atoms with Crippen molar-refractivity contribution >= 4 is 17.7 Å². The van der Waals surface area contributed by atoms with Gasteiger partial charge in [0.15, 0.2) is 25.2 Å². The number of rotatable bonds is 17. The fraction of sp³-hybridized carbons (Fsp3) is 0.968. The second-order valence-corrected chi connectivity index (χ2v) is 14.7. The van der Waals surface area contributed by atoms with Crippen LogP contribution in [0.25, 0.3) is 0 Å². The summed E-state index contributed by atoms with van der Waals surface area (Å²) in [6, 6.07) is -1.53. The molecular formula is C31H56N2O20S. The fourth-order valence-corrected chi connectivity index (χ4v) is 7.23. The zero-order valence-electron chi connectivity index (χ0n) is 29.8. The lowest BCUT2D eigenvalue weighted by atomic mass is 9.94. The molecule has 4 rings (SSSR count). The van der Waals surface area contributed by atoms with Crippen LogP contribution in [0.5, 0.6) is 0 Å². The zero-order valence-corrected chi connectivity index (χ0v) is 30.6. The monoisotopic (exact) mass is 808 g/mol. The number of hydrogen-bond donors (Lipinski definition) is 13. The van der Waals surface area contributed by atoms with Crippen LogP contribution >= 0.6 is 11.8 Å². The van der Waals surface area contributed by atoms with E-state index in [0.717, 1.165) is 12.7 Å². The van der Waals surface area contributed by atoms with E-state index in [1.165, 1.54) is 6.92 Å². The standard InChI is InChI=1S/C31H56N2O20S/c1-11-17(38)21(42)23(44)30(47-11)53-27-26(52-28-16(33-12(2)37)20(41)18(39)13(8-34)48-28)19(40)14(9-35)49-31(27)51-25-15(10-36)50-29(24(45)22(25)43)46-5-3-6-54-7-4-32/h11,13-31,34-36,38-45H,3-10,32H2,1-2H3,(H,33,37)/t11?,13?,14?,15-,16-,17+,18-,19-,20+,21-,22?,23+,24?,25+,26-,27-,28?,29?,30?,31?/m0/s1. The van der Waals surface area contributed by atoms with E-state index in [1.807, 2.05) is 0 Å². The number of thioether (sulfide) groups is 1. The zero-order chi connectivity index (χ0) is 39.9. The molecule has 54 heavy (non-hydrogen) atoms. The summed E-state index contributed by atoms with van der Waals surface area (Å²) in [6.45, 7) is 0.588. The molecule has 4 fully saturated rings. The molecule has 0 spiro atoms. The van der Waals surface area contributed by atoms with Gasteiger partial charge in [0.2, 0.25) is 5.91 Å². The second kappa shape index (κ2) is 21.1. The minimum atomic E-state index is -1.93. The lowest BCUT2D eigenvalue weighted by molar-refractivity contribution is -0.401. The average molecular weight is 809 g/mol. The molecule has 0 aromatic heterocycles. The minimum Gasteiger partial charge on any atom is -0.394 e. The molecule has 4 heterocycles. The number of carbonyl (C=O) groups is 1. The minimum absolute atomic E-state index is 0.126. The van der Waals surface area contributed by atoms with Crippen LogP contribution in [0.4, 0.5) is 0 Å². The predicted octanol–water partition coefficient (Wildman–Crippen LogP) is -7.47. The number of ether oxygens (including phenoxy) is 8. The molecule has 22 nitrogen and oxygen atoms in total. The van der Waals surface area contributed by atoms with Crippen molar-refractivity contribution in [1.82, 2.24) is 5.32 Å². The second-order valence-electron chi connectivity index (χ2n) is 13.5. The van der Waals surface area contributed by atoms with Gasteiger partial charge in [0.1, 0.15) is 91.5 Å². The normalized spacial score (nSPS) is 46.0. The summed E-state index contributed by atoms with van der Waals surface area (Å²) < 4.78 is 46.6. The van der Waals surface area contributed by atoms with E-state index < -0.39 is 148 Å². The summed E-state index contributed by atoms with van der Waals surface area (Å²) in [7, 11) is 0.